The highest BCUT2D eigenvalue weighted by Gasteiger charge is 2.05. The first-order chi connectivity index (χ1) is 12.3. The van der Waals surface area contributed by atoms with Gasteiger partial charge in [-0.3, -0.25) is 0 Å². The number of nitrogens with one attached hydrogen (secondary N) is 1. The van der Waals surface area contributed by atoms with Crippen LogP contribution in [0.15, 0.2) is 60.2 Å². The summed E-state index contributed by atoms with van der Waals surface area (Å²) < 4.78 is 16.5. The number of para-hydroxylation sites is 1. The van der Waals surface area contributed by atoms with Gasteiger partial charge >= 0.3 is 0 Å². The van der Waals surface area contributed by atoms with Crippen molar-refractivity contribution >= 4 is 6.21 Å². The highest BCUT2D eigenvalue weighted by molar-refractivity contribution is 5.80. The zero-order valence-corrected chi connectivity index (χ0v) is 14.7. The molecule has 0 fully saturated rings. The molecule has 5 nitrogen and oxygen atoms in total. The van der Waals surface area contributed by atoms with Gasteiger partial charge in [-0.05, 0) is 36.8 Å². The van der Waals surface area contributed by atoms with Gasteiger partial charge in [-0.2, -0.15) is 5.10 Å². The summed E-state index contributed by atoms with van der Waals surface area (Å²) >= 11 is 0. The predicted molar refractivity (Wildman–Crippen MR) is 101 cm³/mol. The normalized spacial score (nSPS) is 10.5. The van der Waals surface area contributed by atoms with Crippen LogP contribution in [0.3, 0.4) is 0 Å². The van der Waals surface area contributed by atoms with Crippen LogP contribution in [0.5, 0.6) is 17.2 Å². The Balaban J connectivity index is 2.00. The van der Waals surface area contributed by atoms with E-state index in [-0.39, 0.29) is 0 Å². The fourth-order valence-electron chi connectivity index (χ4n) is 2.24. The summed E-state index contributed by atoms with van der Waals surface area (Å²) in [7, 11) is 1.66. The van der Waals surface area contributed by atoms with Crippen molar-refractivity contribution in [3.63, 3.8) is 0 Å². The first-order valence-electron chi connectivity index (χ1n) is 8.16. The fraction of sp³-hybridized carbons (Fsp3) is 0.250. The third-order valence-corrected chi connectivity index (χ3v) is 3.39. The topological polar surface area (TPSA) is 52.1 Å². The maximum absolute atomic E-state index is 5.62. The number of hydrogen-bond donors (Lipinski definition) is 1. The van der Waals surface area contributed by atoms with Crippen LogP contribution in [0.4, 0.5) is 0 Å². The molecule has 0 saturated carbocycles. The van der Waals surface area contributed by atoms with E-state index in [0.717, 1.165) is 16.9 Å². The molecule has 0 spiro atoms. The van der Waals surface area contributed by atoms with Crippen molar-refractivity contribution in [2.45, 2.75) is 13.5 Å². The van der Waals surface area contributed by atoms with Gasteiger partial charge in [0.25, 0.3) is 0 Å². The van der Waals surface area contributed by atoms with E-state index in [9.17, 15) is 0 Å². The van der Waals surface area contributed by atoms with Crippen LogP contribution in [0, 0.1) is 0 Å². The number of hydrogen-bond acceptors (Lipinski definition) is 5. The maximum Gasteiger partial charge on any atom is 0.161 e. The van der Waals surface area contributed by atoms with Crippen molar-refractivity contribution in [3.8, 4) is 17.2 Å². The molecule has 0 amide bonds. The van der Waals surface area contributed by atoms with E-state index in [1.54, 1.807) is 19.4 Å². The molecular formula is C20H24N2O3. The zero-order valence-electron chi connectivity index (χ0n) is 14.7. The van der Waals surface area contributed by atoms with Gasteiger partial charge in [0.15, 0.2) is 11.5 Å². The smallest absolute Gasteiger partial charge is 0.161 e. The molecule has 0 bridgehead atoms. The van der Waals surface area contributed by atoms with E-state index in [0.29, 0.717) is 31.3 Å². The summed E-state index contributed by atoms with van der Waals surface area (Å²) in [5, 5.41) is 4.26. The van der Waals surface area contributed by atoms with Gasteiger partial charge in [-0.15, -0.1) is 0 Å². The Kier molecular flexibility index (Phi) is 7.38. The van der Waals surface area contributed by atoms with E-state index in [4.69, 9.17) is 14.2 Å². The lowest BCUT2D eigenvalue weighted by atomic mass is 10.2. The second kappa shape index (κ2) is 10.0. The van der Waals surface area contributed by atoms with Gasteiger partial charge in [-0.1, -0.05) is 30.9 Å². The Morgan fingerprint density at radius 1 is 1.08 bits per heavy atom. The van der Waals surface area contributed by atoms with E-state index < -0.39 is 0 Å². The summed E-state index contributed by atoms with van der Waals surface area (Å²) in [5.41, 5.74) is 4.99. The summed E-state index contributed by atoms with van der Waals surface area (Å²) in [4.78, 5) is 0. The second-order valence-corrected chi connectivity index (χ2v) is 5.14. The van der Waals surface area contributed by atoms with Crippen molar-refractivity contribution < 1.29 is 14.2 Å². The molecule has 2 rings (SSSR count). The highest BCUT2D eigenvalue weighted by Crippen LogP contribution is 2.28. The minimum absolute atomic E-state index is 0.438. The molecule has 0 aliphatic rings. The van der Waals surface area contributed by atoms with E-state index in [1.165, 1.54) is 0 Å². The molecule has 0 unspecified atom stereocenters. The molecule has 2 aromatic rings. The second-order valence-electron chi connectivity index (χ2n) is 5.14. The summed E-state index contributed by atoms with van der Waals surface area (Å²) in [6.07, 6.45) is 3.45. The molecule has 5 heteroatoms. The Labute approximate surface area is 148 Å². The van der Waals surface area contributed by atoms with E-state index >= 15 is 0 Å². The van der Waals surface area contributed by atoms with Crippen LogP contribution >= 0.6 is 0 Å². The number of rotatable bonds is 10. The average molecular weight is 340 g/mol. The van der Waals surface area contributed by atoms with Crippen molar-refractivity contribution in [2.24, 2.45) is 5.10 Å². The Hall–Kier alpha value is -2.95. The van der Waals surface area contributed by atoms with Gasteiger partial charge in [0.2, 0.25) is 0 Å². The van der Waals surface area contributed by atoms with E-state index in [1.807, 2.05) is 49.4 Å². The van der Waals surface area contributed by atoms with Crippen molar-refractivity contribution in [2.75, 3.05) is 20.3 Å². The van der Waals surface area contributed by atoms with Crippen molar-refractivity contribution in [1.29, 1.82) is 0 Å². The average Bonchev–Trinajstić information content (AvgIpc) is 2.65. The molecule has 1 N–H and O–H groups in total. The van der Waals surface area contributed by atoms with Crippen molar-refractivity contribution in [1.82, 2.24) is 5.43 Å². The van der Waals surface area contributed by atoms with Gasteiger partial charge in [0, 0.05) is 5.56 Å². The lowest BCUT2D eigenvalue weighted by Gasteiger charge is -2.11. The molecule has 0 heterocycles. The minimum atomic E-state index is 0.438. The lowest BCUT2D eigenvalue weighted by molar-refractivity contribution is 0.297. The summed E-state index contributed by atoms with van der Waals surface area (Å²) in [5.74, 6) is 2.23. The Bertz CT molecular complexity index is 714. The van der Waals surface area contributed by atoms with Crippen LogP contribution < -0.4 is 19.6 Å². The first-order valence-corrected chi connectivity index (χ1v) is 8.16. The number of benzene rings is 2. The molecule has 25 heavy (non-hydrogen) atoms. The third kappa shape index (κ3) is 5.57. The molecule has 0 saturated heterocycles. The molecule has 0 radical (unpaired) electrons. The van der Waals surface area contributed by atoms with Crippen LogP contribution in [0.25, 0.3) is 0 Å². The number of nitrogens with zero attached hydrogens (tertiary/aromatic N) is 1. The Morgan fingerprint density at radius 2 is 1.92 bits per heavy atom. The number of methoxy groups -OCH3 is 1. The summed E-state index contributed by atoms with van der Waals surface area (Å²) in [6.45, 7) is 7.18. The molecule has 2 aromatic carbocycles. The van der Waals surface area contributed by atoms with Crippen molar-refractivity contribution in [3.05, 3.63) is 66.2 Å². The van der Waals surface area contributed by atoms with Gasteiger partial charge < -0.3 is 19.6 Å². The van der Waals surface area contributed by atoms with Crippen LogP contribution in [-0.2, 0) is 6.54 Å². The van der Waals surface area contributed by atoms with Crippen LogP contribution in [-0.4, -0.2) is 26.5 Å². The molecule has 0 aromatic heterocycles. The molecule has 0 atom stereocenters. The zero-order chi connectivity index (χ0) is 17.9. The molecule has 0 aliphatic heterocycles. The monoisotopic (exact) mass is 340 g/mol. The molecular weight excluding hydrogens is 316 g/mol. The van der Waals surface area contributed by atoms with Crippen LogP contribution in [0.1, 0.15) is 18.1 Å². The number of ether oxygens (including phenoxy) is 3. The SMILES string of the molecule is C=CCOc1ccc(/C=N/NCc2ccccc2OC)cc1OCC. The Morgan fingerprint density at radius 3 is 2.68 bits per heavy atom. The highest BCUT2D eigenvalue weighted by atomic mass is 16.5. The third-order valence-electron chi connectivity index (χ3n) is 3.39. The lowest BCUT2D eigenvalue weighted by Crippen LogP contribution is -2.07. The van der Waals surface area contributed by atoms with Gasteiger partial charge in [-0.25, -0.2) is 0 Å². The first kappa shape index (κ1) is 18.4. The van der Waals surface area contributed by atoms with E-state index in [2.05, 4.69) is 17.1 Å². The van der Waals surface area contributed by atoms with Gasteiger partial charge in [0.1, 0.15) is 12.4 Å². The molecule has 132 valence electrons. The maximum atomic E-state index is 5.62. The molecule has 0 aliphatic carbocycles. The largest absolute Gasteiger partial charge is 0.496 e. The minimum Gasteiger partial charge on any atom is -0.496 e. The van der Waals surface area contributed by atoms with Crippen LogP contribution in [0.2, 0.25) is 0 Å². The fourth-order valence-corrected chi connectivity index (χ4v) is 2.24. The predicted octanol–water partition coefficient (Wildman–Crippen LogP) is 3.78. The standard InChI is InChI=1S/C20H24N2O3/c1-4-12-25-19-11-10-16(13-20(19)24-5-2)14-21-22-15-17-8-6-7-9-18(17)23-3/h4,6-11,13-14,22H,1,5,12,15H2,2-3H3/b21-14+. The quantitative estimate of drug-likeness (QED) is 0.406. The summed E-state index contributed by atoms with van der Waals surface area (Å²) in [6, 6.07) is 13.5. The van der Waals surface area contributed by atoms with Gasteiger partial charge in [0.05, 0.1) is 26.5 Å². The number of hydrazone groups is 1.